The Kier molecular flexibility index (Phi) is 5.34. The number of fused-ring (bicyclic) bond motifs is 2. The van der Waals surface area contributed by atoms with Gasteiger partial charge in [-0.3, -0.25) is 14.5 Å². The molecule has 0 saturated carbocycles. The van der Waals surface area contributed by atoms with Gasteiger partial charge in [-0.25, -0.2) is 4.79 Å². The molecular weight excluding hydrogens is 474 g/mol. The molecule has 0 aliphatic carbocycles. The van der Waals surface area contributed by atoms with Gasteiger partial charge in [0.15, 0.2) is 5.54 Å². The molecule has 4 aromatic rings. The Labute approximate surface area is 212 Å². The molecule has 2 atom stereocenters. The number of carbonyl (C=O) groups is 3. The number of nitrogens with one attached hydrogen (secondary N) is 1. The molecule has 0 radical (unpaired) electrons. The Morgan fingerprint density at radius 2 is 1.75 bits per heavy atom. The lowest BCUT2D eigenvalue weighted by Gasteiger charge is -2.37. The maximum absolute atomic E-state index is 13.8. The Bertz CT molecular complexity index is 1470. The van der Waals surface area contributed by atoms with E-state index in [9.17, 15) is 14.4 Å². The number of benzene rings is 3. The van der Waals surface area contributed by atoms with Gasteiger partial charge in [-0.1, -0.05) is 60.7 Å². The van der Waals surface area contributed by atoms with Gasteiger partial charge in [-0.05, 0) is 36.8 Å². The summed E-state index contributed by atoms with van der Waals surface area (Å²) >= 11 is 1.69. The van der Waals surface area contributed by atoms with Crippen molar-refractivity contribution in [3.63, 3.8) is 0 Å². The minimum atomic E-state index is -1.40. The summed E-state index contributed by atoms with van der Waals surface area (Å²) < 4.78 is 5.90. The number of rotatable bonds is 4. The number of amides is 4. The van der Waals surface area contributed by atoms with Crippen LogP contribution in [-0.4, -0.2) is 35.0 Å². The van der Waals surface area contributed by atoms with Crippen molar-refractivity contribution < 1.29 is 18.8 Å². The standard InChI is InChI=1S/C28H23N3O4S/c1-28(24-15-19-11-5-7-13-22(19)35-24)26(33)30(27(34)29-28)16-25(32)31-20-12-6-8-14-23(20)36-17-21(31)18-9-3-2-4-10-18/h2-15,21H,16-17H2,1H3,(H,29,34)/t21-,28-/m1/s1. The normalized spacial score (nSPS) is 21.5. The number of carbonyl (C=O) groups excluding carboxylic acids is 3. The molecule has 7 nitrogen and oxygen atoms in total. The van der Waals surface area contributed by atoms with Gasteiger partial charge < -0.3 is 14.6 Å². The molecule has 2 aliphatic heterocycles. The van der Waals surface area contributed by atoms with Crippen molar-refractivity contribution in [1.29, 1.82) is 0 Å². The van der Waals surface area contributed by atoms with E-state index in [-0.39, 0.29) is 18.5 Å². The van der Waals surface area contributed by atoms with Crippen molar-refractivity contribution in [3.05, 3.63) is 96.3 Å². The fraction of sp³-hybridized carbons (Fsp3) is 0.179. The predicted molar refractivity (Wildman–Crippen MR) is 138 cm³/mol. The zero-order chi connectivity index (χ0) is 24.9. The third-order valence-electron chi connectivity index (χ3n) is 6.77. The second-order valence-electron chi connectivity index (χ2n) is 9.06. The first-order valence-corrected chi connectivity index (χ1v) is 12.7. The van der Waals surface area contributed by atoms with E-state index in [0.29, 0.717) is 17.1 Å². The van der Waals surface area contributed by atoms with Gasteiger partial charge in [-0.15, -0.1) is 11.8 Å². The molecule has 8 heteroatoms. The summed E-state index contributed by atoms with van der Waals surface area (Å²) in [4.78, 5) is 44.0. The smallest absolute Gasteiger partial charge is 0.325 e. The van der Waals surface area contributed by atoms with Crippen molar-refractivity contribution in [1.82, 2.24) is 10.2 Å². The van der Waals surface area contributed by atoms with Crippen LogP contribution in [-0.2, 0) is 15.1 Å². The lowest BCUT2D eigenvalue weighted by molar-refractivity contribution is -0.134. The van der Waals surface area contributed by atoms with Crippen molar-refractivity contribution in [2.45, 2.75) is 23.4 Å². The van der Waals surface area contributed by atoms with Crippen LogP contribution < -0.4 is 10.2 Å². The monoisotopic (exact) mass is 497 g/mol. The fourth-order valence-electron chi connectivity index (χ4n) is 4.87. The zero-order valence-electron chi connectivity index (χ0n) is 19.5. The van der Waals surface area contributed by atoms with Crippen molar-refractivity contribution in [3.8, 4) is 0 Å². The summed E-state index contributed by atoms with van der Waals surface area (Å²) in [5.41, 5.74) is 1.00. The van der Waals surface area contributed by atoms with Crippen LogP contribution in [0.1, 0.15) is 24.3 Å². The lowest BCUT2D eigenvalue weighted by atomic mass is 9.99. The maximum Gasteiger partial charge on any atom is 0.325 e. The second-order valence-corrected chi connectivity index (χ2v) is 10.1. The minimum absolute atomic E-state index is 0.221. The molecule has 3 aromatic carbocycles. The summed E-state index contributed by atoms with van der Waals surface area (Å²) in [6.07, 6.45) is 0. The van der Waals surface area contributed by atoms with Crippen LogP contribution in [0, 0.1) is 0 Å². The Balaban J connectivity index is 1.32. The first kappa shape index (κ1) is 22.4. The highest BCUT2D eigenvalue weighted by molar-refractivity contribution is 7.99. The number of anilines is 1. The van der Waals surface area contributed by atoms with E-state index in [4.69, 9.17) is 4.42 Å². The quantitative estimate of drug-likeness (QED) is 0.398. The van der Waals surface area contributed by atoms with Crippen molar-refractivity contribution >= 4 is 46.3 Å². The molecule has 1 saturated heterocycles. The van der Waals surface area contributed by atoms with Gasteiger partial charge in [-0.2, -0.15) is 0 Å². The van der Waals surface area contributed by atoms with Crippen molar-refractivity contribution in [2.24, 2.45) is 0 Å². The first-order chi connectivity index (χ1) is 17.5. The molecule has 1 fully saturated rings. The zero-order valence-corrected chi connectivity index (χ0v) is 20.3. The summed E-state index contributed by atoms with van der Waals surface area (Å²) in [6, 6.07) is 25.8. The Morgan fingerprint density at radius 1 is 1.03 bits per heavy atom. The SMILES string of the molecule is C[C@]1(c2cc3ccccc3o2)NC(=O)N(CC(=O)N2c3ccccc3SC[C@@H]2c2ccccc2)C1=O. The highest BCUT2D eigenvalue weighted by atomic mass is 32.2. The number of para-hydroxylation sites is 2. The number of hydrogen-bond donors (Lipinski definition) is 1. The minimum Gasteiger partial charge on any atom is -0.458 e. The van der Waals surface area contributed by atoms with Gasteiger partial charge in [0.2, 0.25) is 5.91 Å². The molecule has 6 rings (SSSR count). The van der Waals surface area contributed by atoms with E-state index in [2.05, 4.69) is 5.32 Å². The molecule has 0 unspecified atom stereocenters. The van der Waals surface area contributed by atoms with E-state index >= 15 is 0 Å². The van der Waals surface area contributed by atoms with Gasteiger partial charge in [0.1, 0.15) is 17.9 Å². The average molecular weight is 498 g/mol. The lowest BCUT2D eigenvalue weighted by Crippen LogP contribution is -2.47. The highest BCUT2D eigenvalue weighted by Gasteiger charge is 2.52. The van der Waals surface area contributed by atoms with Crippen molar-refractivity contribution in [2.75, 3.05) is 17.2 Å². The van der Waals surface area contributed by atoms with E-state index in [1.807, 2.05) is 72.8 Å². The largest absolute Gasteiger partial charge is 0.458 e. The van der Waals surface area contributed by atoms with Crippen LogP contribution >= 0.6 is 11.8 Å². The molecule has 0 bridgehead atoms. The van der Waals surface area contributed by atoms with E-state index in [0.717, 1.165) is 26.4 Å². The molecule has 3 heterocycles. The molecule has 180 valence electrons. The van der Waals surface area contributed by atoms with Crippen LogP contribution in [0.5, 0.6) is 0 Å². The number of nitrogens with zero attached hydrogens (tertiary/aromatic N) is 2. The summed E-state index contributed by atoms with van der Waals surface area (Å²) in [5, 5.41) is 3.58. The molecular formula is C28H23N3O4S. The molecule has 1 N–H and O–H groups in total. The number of imide groups is 1. The second kappa shape index (κ2) is 8.57. The van der Waals surface area contributed by atoms with Gasteiger partial charge in [0.05, 0.1) is 11.7 Å². The summed E-state index contributed by atoms with van der Waals surface area (Å²) in [6.45, 7) is 1.23. The maximum atomic E-state index is 13.8. The molecule has 2 aliphatic rings. The predicted octanol–water partition coefficient (Wildman–Crippen LogP) is 5.08. The third kappa shape index (κ3) is 3.56. The van der Waals surface area contributed by atoms with Gasteiger partial charge >= 0.3 is 6.03 Å². The van der Waals surface area contributed by atoms with Crippen LogP contribution in [0.3, 0.4) is 0 Å². The number of hydrogen-bond acceptors (Lipinski definition) is 5. The van der Waals surface area contributed by atoms with Crippen LogP contribution in [0.25, 0.3) is 11.0 Å². The number of furan rings is 1. The summed E-state index contributed by atoms with van der Waals surface area (Å²) in [7, 11) is 0. The van der Waals surface area contributed by atoms with E-state index < -0.39 is 17.5 Å². The number of urea groups is 1. The van der Waals surface area contributed by atoms with Crippen LogP contribution in [0.4, 0.5) is 10.5 Å². The number of thioether (sulfide) groups is 1. The molecule has 36 heavy (non-hydrogen) atoms. The molecule has 4 amide bonds. The molecule has 1 aromatic heterocycles. The van der Waals surface area contributed by atoms with Crippen LogP contribution in [0.15, 0.2) is 94.2 Å². The van der Waals surface area contributed by atoms with E-state index in [1.165, 1.54) is 0 Å². The van der Waals surface area contributed by atoms with E-state index in [1.54, 1.807) is 35.7 Å². The summed E-state index contributed by atoms with van der Waals surface area (Å²) in [5.74, 6) is 0.160. The highest BCUT2D eigenvalue weighted by Crippen LogP contribution is 2.43. The Morgan fingerprint density at radius 3 is 2.56 bits per heavy atom. The average Bonchev–Trinajstić information content (AvgIpc) is 3.44. The third-order valence-corrected chi connectivity index (χ3v) is 7.91. The topological polar surface area (TPSA) is 82.9 Å². The molecule has 0 spiro atoms. The fourth-order valence-corrected chi connectivity index (χ4v) is 6.03. The van der Waals surface area contributed by atoms with Crippen LogP contribution in [0.2, 0.25) is 0 Å². The van der Waals surface area contributed by atoms with Gasteiger partial charge in [0, 0.05) is 16.0 Å². The first-order valence-electron chi connectivity index (χ1n) is 11.7. The van der Waals surface area contributed by atoms with Gasteiger partial charge in [0.25, 0.3) is 5.91 Å². The Hall–Kier alpha value is -4.04.